The van der Waals surface area contributed by atoms with E-state index in [9.17, 15) is 0 Å². The fourth-order valence-corrected chi connectivity index (χ4v) is 2.79. The molecule has 0 aliphatic carbocycles. The van der Waals surface area contributed by atoms with Crippen molar-refractivity contribution < 1.29 is 0 Å². The maximum atomic E-state index is 5.84. The maximum absolute atomic E-state index is 5.84. The Hall–Kier alpha value is -1.96. The molecular formula is C14H23N7S. The zero-order chi connectivity index (χ0) is 15.8. The molecule has 2 rings (SSSR count). The van der Waals surface area contributed by atoms with Crippen LogP contribution in [-0.4, -0.2) is 44.7 Å². The number of hydrogen-bond donors (Lipinski definition) is 4. The summed E-state index contributed by atoms with van der Waals surface area (Å²) in [5.74, 6) is 2.31. The number of H-pyrrole nitrogens is 2. The number of hydrogen-bond acceptors (Lipinski definition) is 4. The second-order valence-corrected chi connectivity index (χ2v) is 6.05. The molecule has 120 valence electrons. The molecule has 0 unspecified atom stereocenters. The summed E-state index contributed by atoms with van der Waals surface area (Å²) >= 11 is 1.80. The first kappa shape index (κ1) is 16.4. The standard InChI is InChI=1S/C14H23N7S/c1-10-12(20-8-18-10)3-4-16-14(15)17-5-6-22-7-13-11(2)19-9-21-13/h8-9H,3-7H2,1-2H3,(H,18,20)(H,19,21)(H3,15,16,17). The molecule has 0 saturated carbocycles. The number of thioether (sulfide) groups is 1. The van der Waals surface area contributed by atoms with Crippen LogP contribution >= 0.6 is 11.8 Å². The number of rotatable bonds is 8. The monoisotopic (exact) mass is 321 g/mol. The van der Waals surface area contributed by atoms with E-state index in [1.54, 1.807) is 24.4 Å². The molecule has 0 amide bonds. The SMILES string of the molecule is Cc1[nH]cnc1CCNC(N)=NCCSCc1nc[nH]c1C. The van der Waals surface area contributed by atoms with Gasteiger partial charge in [0.15, 0.2) is 5.96 Å². The lowest BCUT2D eigenvalue weighted by Gasteiger charge is -2.05. The normalized spacial score (nSPS) is 11.8. The van der Waals surface area contributed by atoms with Crippen LogP contribution in [-0.2, 0) is 12.2 Å². The molecule has 0 atom stereocenters. The molecule has 0 bridgehead atoms. The highest BCUT2D eigenvalue weighted by Crippen LogP contribution is 2.11. The number of guanidine groups is 1. The molecule has 22 heavy (non-hydrogen) atoms. The van der Waals surface area contributed by atoms with Crippen molar-refractivity contribution in [1.29, 1.82) is 0 Å². The molecule has 2 heterocycles. The van der Waals surface area contributed by atoms with Crippen molar-refractivity contribution in [2.24, 2.45) is 10.7 Å². The van der Waals surface area contributed by atoms with E-state index in [1.807, 2.05) is 13.8 Å². The predicted molar refractivity (Wildman–Crippen MR) is 91.0 cm³/mol. The van der Waals surface area contributed by atoms with Crippen LogP contribution in [0.5, 0.6) is 0 Å². The molecule has 2 aromatic rings. The lowest BCUT2D eigenvalue weighted by Crippen LogP contribution is -2.33. The smallest absolute Gasteiger partial charge is 0.188 e. The van der Waals surface area contributed by atoms with E-state index in [0.29, 0.717) is 12.5 Å². The van der Waals surface area contributed by atoms with Crippen LogP contribution in [0.1, 0.15) is 22.8 Å². The van der Waals surface area contributed by atoms with Crippen LogP contribution in [0.25, 0.3) is 0 Å². The number of nitrogens with zero attached hydrogens (tertiary/aromatic N) is 3. The number of imidazole rings is 2. The Morgan fingerprint density at radius 2 is 1.91 bits per heavy atom. The zero-order valence-corrected chi connectivity index (χ0v) is 13.8. The van der Waals surface area contributed by atoms with Crippen molar-refractivity contribution in [1.82, 2.24) is 25.3 Å². The van der Waals surface area contributed by atoms with Crippen LogP contribution in [0.2, 0.25) is 0 Å². The number of aryl methyl sites for hydroxylation is 2. The van der Waals surface area contributed by atoms with E-state index >= 15 is 0 Å². The van der Waals surface area contributed by atoms with Crippen molar-refractivity contribution >= 4 is 17.7 Å². The Balaban J connectivity index is 1.57. The zero-order valence-electron chi connectivity index (χ0n) is 13.0. The summed E-state index contributed by atoms with van der Waals surface area (Å²) in [6.07, 6.45) is 4.27. The van der Waals surface area contributed by atoms with E-state index in [2.05, 4.69) is 30.2 Å². The molecule has 0 fully saturated rings. The summed E-state index contributed by atoms with van der Waals surface area (Å²) in [5.41, 5.74) is 10.2. The van der Waals surface area contributed by atoms with E-state index in [4.69, 9.17) is 5.73 Å². The van der Waals surface area contributed by atoms with Crippen LogP contribution in [0.3, 0.4) is 0 Å². The van der Waals surface area contributed by atoms with Gasteiger partial charge in [0.05, 0.1) is 30.6 Å². The fraction of sp³-hybridized carbons (Fsp3) is 0.500. The molecule has 0 radical (unpaired) electrons. The molecule has 0 spiro atoms. The maximum Gasteiger partial charge on any atom is 0.188 e. The molecule has 5 N–H and O–H groups in total. The van der Waals surface area contributed by atoms with Crippen molar-refractivity contribution in [3.8, 4) is 0 Å². The molecular weight excluding hydrogens is 298 g/mol. The molecule has 7 nitrogen and oxygen atoms in total. The highest BCUT2D eigenvalue weighted by atomic mass is 32.2. The van der Waals surface area contributed by atoms with Gasteiger partial charge in [0.1, 0.15) is 0 Å². The number of aromatic amines is 2. The predicted octanol–water partition coefficient (Wildman–Crippen LogP) is 1.13. The molecule has 0 aliphatic rings. The van der Waals surface area contributed by atoms with Crippen LogP contribution in [0.4, 0.5) is 0 Å². The van der Waals surface area contributed by atoms with Gasteiger partial charge >= 0.3 is 0 Å². The minimum Gasteiger partial charge on any atom is -0.370 e. The van der Waals surface area contributed by atoms with E-state index in [1.165, 1.54) is 0 Å². The summed E-state index contributed by atoms with van der Waals surface area (Å²) in [6.45, 7) is 5.48. The van der Waals surface area contributed by atoms with Crippen molar-refractivity contribution in [3.63, 3.8) is 0 Å². The Bertz CT molecular complexity index is 602. The topological polar surface area (TPSA) is 108 Å². The van der Waals surface area contributed by atoms with Gasteiger partial charge < -0.3 is 21.0 Å². The summed E-state index contributed by atoms with van der Waals surface area (Å²) in [5, 5.41) is 3.11. The highest BCUT2D eigenvalue weighted by molar-refractivity contribution is 7.98. The average Bonchev–Trinajstić information content (AvgIpc) is 3.08. The fourth-order valence-electron chi connectivity index (χ4n) is 1.94. The second kappa shape index (κ2) is 8.47. The highest BCUT2D eigenvalue weighted by Gasteiger charge is 2.01. The van der Waals surface area contributed by atoms with Gasteiger partial charge in [0.25, 0.3) is 0 Å². The average molecular weight is 321 g/mol. The third-order valence-corrected chi connectivity index (χ3v) is 4.24. The molecule has 2 aromatic heterocycles. The van der Waals surface area contributed by atoms with Crippen molar-refractivity contribution in [2.75, 3.05) is 18.8 Å². The number of nitrogens with one attached hydrogen (secondary N) is 3. The Morgan fingerprint density at radius 3 is 2.55 bits per heavy atom. The van der Waals surface area contributed by atoms with E-state index in [-0.39, 0.29) is 0 Å². The van der Waals surface area contributed by atoms with Crippen molar-refractivity contribution in [2.45, 2.75) is 26.0 Å². The first-order valence-electron chi connectivity index (χ1n) is 7.26. The van der Waals surface area contributed by atoms with Crippen LogP contribution < -0.4 is 11.1 Å². The third kappa shape index (κ3) is 5.10. The Labute approximate surface area is 134 Å². The van der Waals surface area contributed by atoms with Gasteiger partial charge in [-0.2, -0.15) is 11.8 Å². The van der Waals surface area contributed by atoms with Crippen LogP contribution in [0, 0.1) is 13.8 Å². The summed E-state index contributed by atoms with van der Waals surface area (Å²) < 4.78 is 0. The summed E-state index contributed by atoms with van der Waals surface area (Å²) in [7, 11) is 0. The summed E-state index contributed by atoms with van der Waals surface area (Å²) in [4.78, 5) is 19.0. The Morgan fingerprint density at radius 1 is 1.23 bits per heavy atom. The van der Waals surface area contributed by atoms with E-state index < -0.39 is 0 Å². The number of aliphatic imine (C=N–C) groups is 1. The lowest BCUT2D eigenvalue weighted by atomic mass is 10.2. The quantitative estimate of drug-likeness (QED) is 0.331. The summed E-state index contributed by atoms with van der Waals surface area (Å²) in [6, 6.07) is 0. The number of nitrogens with two attached hydrogens (primary N) is 1. The molecule has 8 heteroatoms. The van der Waals surface area contributed by atoms with Gasteiger partial charge in [-0.15, -0.1) is 0 Å². The first-order chi connectivity index (χ1) is 10.7. The second-order valence-electron chi connectivity index (χ2n) is 4.94. The minimum atomic E-state index is 0.490. The number of aromatic nitrogens is 4. The first-order valence-corrected chi connectivity index (χ1v) is 8.41. The minimum absolute atomic E-state index is 0.490. The van der Waals surface area contributed by atoms with Gasteiger partial charge in [-0.3, -0.25) is 4.99 Å². The molecule has 0 aromatic carbocycles. The third-order valence-electron chi connectivity index (χ3n) is 3.29. The van der Waals surface area contributed by atoms with Gasteiger partial charge in [-0.25, -0.2) is 9.97 Å². The van der Waals surface area contributed by atoms with Gasteiger partial charge in [-0.1, -0.05) is 0 Å². The van der Waals surface area contributed by atoms with Gasteiger partial charge in [0.2, 0.25) is 0 Å². The lowest BCUT2D eigenvalue weighted by molar-refractivity contribution is 0.830. The van der Waals surface area contributed by atoms with E-state index in [0.717, 1.165) is 47.2 Å². The van der Waals surface area contributed by atoms with Gasteiger partial charge in [-0.05, 0) is 13.8 Å². The molecule has 0 saturated heterocycles. The van der Waals surface area contributed by atoms with Gasteiger partial charge in [0, 0.05) is 35.9 Å². The Kier molecular flexibility index (Phi) is 6.32. The largest absolute Gasteiger partial charge is 0.370 e. The molecule has 0 aliphatic heterocycles. The van der Waals surface area contributed by atoms with Crippen molar-refractivity contribution in [3.05, 3.63) is 35.4 Å². The van der Waals surface area contributed by atoms with Crippen LogP contribution in [0.15, 0.2) is 17.6 Å².